The van der Waals surface area contributed by atoms with Crippen LogP contribution in [0.4, 0.5) is 4.79 Å². The van der Waals surface area contributed by atoms with Crippen LogP contribution in [0.1, 0.15) is 48.9 Å². The number of urea groups is 1. The van der Waals surface area contributed by atoms with E-state index in [1.54, 1.807) is 0 Å². The molecule has 0 bridgehead atoms. The number of para-hydroxylation sites is 1. The Bertz CT molecular complexity index is 748. The molecule has 2 aromatic rings. The van der Waals surface area contributed by atoms with Crippen molar-refractivity contribution < 1.29 is 14.1 Å². The predicted octanol–water partition coefficient (Wildman–Crippen LogP) is 3.44. The van der Waals surface area contributed by atoms with Gasteiger partial charge in [0.15, 0.2) is 0 Å². The summed E-state index contributed by atoms with van der Waals surface area (Å²) in [6.45, 7) is 8.40. The molecule has 25 heavy (non-hydrogen) atoms. The smallest absolute Gasteiger partial charge is 0.315 e. The van der Waals surface area contributed by atoms with Crippen molar-refractivity contribution in [2.75, 3.05) is 6.54 Å². The molecule has 0 aliphatic carbocycles. The van der Waals surface area contributed by atoms with Gasteiger partial charge in [0.25, 0.3) is 0 Å². The van der Waals surface area contributed by atoms with Gasteiger partial charge in [-0.1, -0.05) is 23.4 Å². The molecule has 1 aromatic heterocycles. The summed E-state index contributed by atoms with van der Waals surface area (Å²) in [5.74, 6) is 1.64. The van der Waals surface area contributed by atoms with Crippen LogP contribution < -0.4 is 15.4 Å². The molecule has 1 aliphatic rings. The van der Waals surface area contributed by atoms with Gasteiger partial charge in [0.05, 0.1) is 11.7 Å². The van der Waals surface area contributed by atoms with Gasteiger partial charge in [-0.05, 0) is 40.2 Å². The van der Waals surface area contributed by atoms with Crippen LogP contribution in [0.3, 0.4) is 0 Å². The Morgan fingerprint density at radius 2 is 2.08 bits per heavy atom. The molecule has 2 heterocycles. The number of ether oxygens (including phenoxy) is 1. The SMILES string of the molecule is Cc1noc(C)c1CCNC(=O)NC1CC(C)(C)Oc2ccccc21. The summed E-state index contributed by atoms with van der Waals surface area (Å²) in [4.78, 5) is 12.3. The monoisotopic (exact) mass is 343 g/mol. The number of benzene rings is 1. The van der Waals surface area contributed by atoms with E-state index < -0.39 is 0 Å². The Hall–Kier alpha value is -2.50. The zero-order chi connectivity index (χ0) is 18.0. The third-order valence-corrected chi connectivity index (χ3v) is 4.52. The molecule has 1 aromatic carbocycles. The van der Waals surface area contributed by atoms with Crippen molar-refractivity contribution in [3.63, 3.8) is 0 Å². The zero-order valence-electron chi connectivity index (χ0n) is 15.2. The second-order valence-corrected chi connectivity index (χ2v) is 7.11. The lowest BCUT2D eigenvalue weighted by atomic mass is 9.90. The van der Waals surface area contributed by atoms with Gasteiger partial charge >= 0.3 is 6.03 Å². The summed E-state index contributed by atoms with van der Waals surface area (Å²) in [6.07, 6.45) is 1.42. The average Bonchev–Trinajstić information content (AvgIpc) is 2.85. The molecule has 2 N–H and O–H groups in total. The molecular formula is C19H25N3O3. The summed E-state index contributed by atoms with van der Waals surface area (Å²) in [7, 11) is 0. The molecule has 134 valence electrons. The number of carbonyl (C=O) groups excluding carboxylic acids is 1. The molecule has 0 fully saturated rings. The van der Waals surface area contributed by atoms with Gasteiger partial charge in [0, 0.05) is 24.1 Å². The molecule has 1 atom stereocenters. The number of aryl methyl sites for hydroxylation is 2. The Balaban J connectivity index is 1.59. The van der Waals surface area contributed by atoms with Crippen LogP contribution in [0.2, 0.25) is 0 Å². The molecule has 6 nitrogen and oxygen atoms in total. The summed E-state index contributed by atoms with van der Waals surface area (Å²) in [5.41, 5.74) is 2.63. The standard InChI is InChI=1S/C19H25N3O3/c1-12-14(13(2)25-22-12)9-10-20-18(23)21-16-11-19(3,4)24-17-8-6-5-7-15(16)17/h5-8,16H,9-11H2,1-4H3,(H2,20,21,23). The molecule has 0 spiro atoms. The van der Waals surface area contributed by atoms with Crippen LogP contribution >= 0.6 is 0 Å². The van der Waals surface area contributed by atoms with Gasteiger partial charge in [-0.25, -0.2) is 4.79 Å². The van der Waals surface area contributed by atoms with Gasteiger partial charge in [-0.15, -0.1) is 0 Å². The molecule has 0 saturated heterocycles. The lowest BCUT2D eigenvalue weighted by molar-refractivity contribution is 0.0679. The third kappa shape index (κ3) is 3.95. The Labute approximate surface area is 147 Å². The maximum Gasteiger partial charge on any atom is 0.315 e. The minimum Gasteiger partial charge on any atom is -0.487 e. The molecule has 1 unspecified atom stereocenters. The number of nitrogens with one attached hydrogen (secondary N) is 2. The second-order valence-electron chi connectivity index (χ2n) is 7.11. The molecular weight excluding hydrogens is 318 g/mol. The van der Waals surface area contributed by atoms with Gasteiger partial charge < -0.3 is 19.9 Å². The van der Waals surface area contributed by atoms with Crippen molar-refractivity contribution >= 4 is 6.03 Å². The third-order valence-electron chi connectivity index (χ3n) is 4.52. The molecule has 0 radical (unpaired) electrons. The van der Waals surface area contributed by atoms with E-state index in [0.717, 1.165) is 34.8 Å². The Morgan fingerprint density at radius 3 is 2.80 bits per heavy atom. The zero-order valence-corrected chi connectivity index (χ0v) is 15.2. The van der Waals surface area contributed by atoms with Crippen molar-refractivity contribution in [3.8, 4) is 5.75 Å². The average molecular weight is 343 g/mol. The first-order chi connectivity index (χ1) is 11.9. The van der Waals surface area contributed by atoms with Crippen LogP contribution in [-0.2, 0) is 6.42 Å². The highest BCUT2D eigenvalue weighted by Gasteiger charge is 2.34. The van der Waals surface area contributed by atoms with Crippen LogP contribution in [-0.4, -0.2) is 23.3 Å². The highest BCUT2D eigenvalue weighted by molar-refractivity contribution is 5.74. The second kappa shape index (κ2) is 6.78. The Kier molecular flexibility index (Phi) is 4.70. The van der Waals surface area contributed by atoms with Crippen LogP contribution in [0.5, 0.6) is 5.75 Å². The number of fused-ring (bicyclic) bond motifs is 1. The number of rotatable bonds is 4. The highest BCUT2D eigenvalue weighted by Crippen LogP contribution is 2.39. The van der Waals surface area contributed by atoms with Gasteiger partial charge in [0.2, 0.25) is 0 Å². The largest absolute Gasteiger partial charge is 0.487 e. The maximum atomic E-state index is 12.3. The van der Waals surface area contributed by atoms with Gasteiger partial charge in [-0.3, -0.25) is 0 Å². The number of hydrogen-bond donors (Lipinski definition) is 2. The minimum absolute atomic E-state index is 0.0704. The summed E-state index contributed by atoms with van der Waals surface area (Å²) in [5, 5.41) is 9.92. The van der Waals surface area contributed by atoms with Crippen LogP contribution in [0.15, 0.2) is 28.8 Å². The first-order valence-electron chi connectivity index (χ1n) is 8.60. The topological polar surface area (TPSA) is 76.4 Å². The molecule has 0 saturated carbocycles. The molecule has 1 aliphatic heterocycles. The van der Waals surface area contributed by atoms with E-state index in [1.807, 2.05) is 52.0 Å². The lowest BCUT2D eigenvalue weighted by Gasteiger charge is -2.37. The molecule has 3 rings (SSSR count). The van der Waals surface area contributed by atoms with Crippen molar-refractivity contribution in [3.05, 3.63) is 46.8 Å². The van der Waals surface area contributed by atoms with E-state index in [0.29, 0.717) is 13.0 Å². The first kappa shape index (κ1) is 17.3. The molecule has 2 amide bonds. The summed E-state index contributed by atoms with van der Waals surface area (Å²) < 4.78 is 11.1. The van der Waals surface area contributed by atoms with Gasteiger partial charge in [0.1, 0.15) is 17.1 Å². The number of carbonyl (C=O) groups is 1. The predicted molar refractivity (Wildman–Crippen MR) is 94.7 cm³/mol. The number of hydrogen-bond acceptors (Lipinski definition) is 4. The number of nitrogens with zero attached hydrogens (tertiary/aromatic N) is 1. The van der Waals surface area contributed by atoms with E-state index in [4.69, 9.17) is 9.26 Å². The highest BCUT2D eigenvalue weighted by atomic mass is 16.5. The van der Waals surface area contributed by atoms with Crippen molar-refractivity contribution in [1.82, 2.24) is 15.8 Å². The van der Waals surface area contributed by atoms with Crippen molar-refractivity contribution in [2.24, 2.45) is 0 Å². The normalized spacial score (nSPS) is 18.2. The summed E-state index contributed by atoms with van der Waals surface area (Å²) >= 11 is 0. The summed E-state index contributed by atoms with van der Waals surface area (Å²) in [6, 6.07) is 7.61. The van der Waals surface area contributed by atoms with Crippen molar-refractivity contribution in [2.45, 2.75) is 52.2 Å². The van der Waals surface area contributed by atoms with E-state index in [9.17, 15) is 4.79 Å². The van der Waals surface area contributed by atoms with Crippen LogP contribution in [0, 0.1) is 13.8 Å². The Morgan fingerprint density at radius 1 is 1.32 bits per heavy atom. The van der Waals surface area contributed by atoms with E-state index in [2.05, 4.69) is 15.8 Å². The molecule has 6 heteroatoms. The fourth-order valence-electron chi connectivity index (χ4n) is 3.30. The van der Waals surface area contributed by atoms with E-state index in [-0.39, 0.29) is 17.7 Å². The number of aromatic nitrogens is 1. The van der Waals surface area contributed by atoms with Gasteiger partial charge in [-0.2, -0.15) is 0 Å². The maximum absolute atomic E-state index is 12.3. The quantitative estimate of drug-likeness (QED) is 0.892. The van der Waals surface area contributed by atoms with E-state index >= 15 is 0 Å². The van der Waals surface area contributed by atoms with E-state index in [1.165, 1.54) is 0 Å². The lowest BCUT2D eigenvalue weighted by Crippen LogP contribution is -2.44. The van der Waals surface area contributed by atoms with Crippen molar-refractivity contribution in [1.29, 1.82) is 0 Å². The fourth-order valence-corrected chi connectivity index (χ4v) is 3.30. The first-order valence-corrected chi connectivity index (χ1v) is 8.60. The fraction of sp³-hybridized carbons (Fsp3) is 0.474. The van der Waals surface area contributed by atoms with Crippen LogP contribution in [0.25, 0.3) is 0 Å². The number of amides is 2. The minimum atomic E-state index is -0.316.